The number of para-hydroxylation sites is 2. The summed E-state index contributed by atoms with van der Waals surface area (Å²) in [5.74, 6) is 0.165. The third-order valence-electron chi connectivity index (χ3n) is 2.82. The maximum Gasteiger partial charge on any atom is 0.344 e. The highest BCUT2D eigenvalue weighted by Crippen LogP contribution is 2.18. The number of aromatic nitrogens is 1. The van der Waals surface area contributed by atoms with Crippen LogP contribution in [0.25, 0.3) is 10.9 Å². The zero-order valence-corrected chi connectivity index (χ0v) is 10.1. The Morgan fingerprint density at radius 3 is 2.47 bits per heavy atom. The molecule has 0 fully saturated rings. The molecular weight excluding hydrogens is 238 g/mol. The zero-order chi connectivity index (χ0) is 13.1. The topological polar surface area (TPSA) is 39.2 Å². The minimum Gasteiger partial charge on any atom is -0.423 e. The molecule has 0 saturated heterocycles. The van der Waals surface area contributed by atoms with E-state index in [1.165, 1.54) is 0 Å². The fourth-order valence-electron chi connectivity index (χ4n) is 1.92. The Morgan fingerprint density at radius 2 is 1.63 bits per heavy atom. The van der Waals surface area contributed by atoms with E-state index < -0.39 is 0 Å². The van der Waals surface area contributed by atoms with Crippen LogP contribution in [-0.2, 0) is 0 Å². The molecular formula is C16H11NO2. The molecule has 0 atom stereocenters. The zero-order valence-electron chi connectivity index (χ0n) is 10.1. The van der Waals surface area contributed by atoms with Crippen molar-refractivity contribution in [2.24, 2.45) is 0 Å². The SMILES string of the molecule is O=C(Oc1ccccc1)c1ccnc2ccccc12. The lowest BCUT2D eigenvalue weighted by Gasteiger charge is -2.06. The predicted octanol–water partition coefficient (Wildman–Crippen LogP) is 3.45. The Balaban J connectivity index is 1.98. The van der Waals surface area contributed by atoms with Crippen molar-refractivity contribution in [1.82, 2.24) is 4.98 Å². The minimum atomic E-state index is -0.371. The molecule has 92 valence electrons. The average Bonchev–Trinajstić information content (AvgIpc) is 2.47. The molecule has 0 bridgehead atoms. The Morgan fingerprint density at radius 1 is 0.895 bits per heavy atom. The molecule has 1 heterocycles. The van der Waals surface area contributed by atoms with Crippen LogP contribution in [0.4, 0.5) is 0 Å². The molecule has 3 heteroatoms. The van der Waals surface area contributed by atoms with E-state index in [4.69, 9.17) is 4.74 Å². The third-order valence-corrected chi connectivity index (χ3v) is 2.82. The van der Waals surface area contributed by atoms with Crippen molar-refractivity contribution in [1.29, 1.82) is 0 Å². The van der Waals surface area contributed by atoms with Gasteiger partial charge in [-0.1, -0.05) is 36.4 Å². The van der Waals surface area contributed by atoms with Gasteiger partial charge in [0, 0.05) is 11.6 Å². The molecule has 0 N–H and O–H groups in total. The Kier molecular flexibility index (Phi) is 2.94. The van der Waals surface area contributed by atoms with Crippen LogP contribution in [0.5, 0.6) is 5.75 Å². The fourth-order valence-corrected chi connectivity index (χ4v) is 1.92. The van der Waals surface area contributed by atoms with Crippen LogP contribution >= 0.6 is 0 Å². The number of hydrogen-bond donors (Lipinski definition) is 0. The lowest BCUT2D eigenvalue weighted by atomic mass is 10.1. The van der Waals surface area contributed by atoms with Crippen molar-refractivity contribution >= 4 is 16.9 Å². The molecule has 0 aliphatic rings. The Labute approximate surface area is 110 Å². The number of pyridine rings is 1. The number of nitrogens with zero attached hydrogens (tertiary/aromatic N) is 1. The normalized spacial score (nSPS) is 10.3. The molecule has 1 aromatic heterocycles. The number of hydrogen-bond acceptors (Lipinski definition) is 3. The monoisotopic (exact) mass is 249 g/mol. The summed E-state index contributed by atoms with van der Waals surface area (Å²) >= 11 is 0. The van der Waals surface area contributed by atoms with Crippen molar-refractivity contribution in [2.75, 3.05) is 0 Å². The van der Waals surface area contributed by atoms with Gasteiger partial charge in [0.05, 0.1) is 11.1 Å². The van der Waals surface area contributed by atoms with Gasteiger partial charge >= 0.3 is 5.97 Å². The molecule has 0 spiro atoms. The van der Waals surface area contributed by atoms with E-state index in [9.17, 15) is 4.79 Å². The van der Waals surface area contributed by atoms with Gasteiger partial charge in [0.2, 0.25) is 0 Å². The molecule has 3 nitrogen and oxygen atoms in total. The van der Waals surface area contributed by atoms with E-state index >= 15 is 0 Å². The van der Waals surface area contributed by atoms with Crippen molar-refractivity contribution in [3.05, 3.63) is 72.4 Å². The highest BCUT2D eigenvalue weighted by Gasteiger charge is 2.12. The van der Waals surface area contributed by atoms with Gasteiger partial charge in [0.1, 0.15) is 5.75 Å². The van der Waals surface area contributed by atoms with E-state index in [0.29, 0.717) is 11.3 Å². The van der Waals surface area contributed by atoms with E-state index in [0.717, 1.165) is 10.9 Å². The second kappa shape index (κ2) is 4.90. The molecule has 0 saturated carbocycles. The van der Waals surface area contributed by atoms with E-state index in [-0.39, 0.29) is 5.97 Å². The molecule has 0 aliphatic carbocycles. The molecule has 0 aliphatic heterocycles. The quantitative estimate of drug-likeness (QED) is 0.515. The van der Waals surface area contributed by atoms with Crippen LogP contribution in [0.1, 0.15) is 10.4 Å². The molecule has 0 unspecified atom stereocenters. The largest absolute Gasteiger partial charge is 0.423 e. The van der Waals surface area contributed by atoms with Gasteiger partial charge < -0.3 is 4.74 Å². The summed E-state index contributed by atoms with van der Waals surface area (Å²) in [4.78, 5) is 16.4. The molecule has 3 rings (SSSR count). The summed E-state index contributed by atoms with van der Waals surface area (Å²) in [7, 11) is 0. The van der Waals surface area contributed by atoms with Crippen LogP contribution in [0.15, 0.2) is 66.9 Å². The van der Waals surface area contributed by atoms with Crippen LogP contribution in [0.3, 0.4) is 0 Å². The highest BCUT2D eigenvalue weighted by molar-refractivity contribution is 6.03. The predicted molar refractivity (Wildman–Crippen MR) is 73.1 cm³/mol. The van der Waals surface area contributed by atoms with E-state index in [2.05, 4.69) is 4.98 Å². The molecule has 19 heavy (non-hydrogen) atoms. The number of carbonyl (C=O) groups is 1. The minimum absolute atomic E-state index is 0.371. The van der Waals surface area contributed by atoms with Gasteiger partial charge in [0.15, 0.2) is 0 Å². The van der Waals surface area contributed by atoms with Crippen LogP contribution in [0, 0.1) is 0 Å². The first kappa shape index (κ1) is 11.4. The molecule has 0 radical (unpaired) electrons. The van der Waals surface area contributed by atoms with Gasteiger partial charge in [0.25, 0.3) is 0 Å². The lowest BCUT2D eigenvalue weighted by Crippen LogP contribution is -2.09. The van der Waals surface area contributed by atoms with Crippen LogP contribution in [0.2, 0.25) is 0 Å². The molecule has 3 aromatic rings. The van der Waals surface area contributed by atoms with Crippen molar-refractivity contribution in [3.63, 3.8) is 0 Å². The average molecular weight is 249 g/mol. The molecule has 0 amide bonds. The number of fused-ring (bicyclic) bond motifs is 1. The smallest absolute Gasteiger partial charge is 0.344 e. The lowest BCUT2D eigenvalue weighted by molar-refractivity contribution is 0.0737. The summed E-state index contributed by atoms with van der Waals surface area (Å²) < 4.78 is 5.34. The van der Waals surface area contributed by atoms with Crippen LogP contribution in [-0.4, -0.2) is 11.0 Å². The third kappa shape index (κ3) is 2.31. The first-order valence-corrected chi connectivity index (χ1v) is 5.95. The Hall–Kier alpha value is -2.68. The summed E-state index contributed by atoms with van der Waals surface area (Å²) in [5, 5.41) is 0.797. The summed E-state index contributed by atoms with van der Waals surface area (Å²) in [5.41, 5.74) is 1.31. The molecule has 2 aromatic carbocycles. The maximum absolute atomic E-state index is 12.2. The first-order chi connectivity index (χ1) is 9.34. The summed E-state index contributed by atoms with van der Waals surface area (Å²) in [6.45, 7) is 0. The van der Waals surface area contributed by atoms with Crippen LogP contribution < -0.4 is 4.74 Å². The van der Waals surface area contributed by atoms with Gasteiger partial charge in [-0.2, -0.15) is 0 Å². The Bertz CT molecular complexity index is 718. The maximum atomic E-state index is 12.2. The second-order valence-electron chi connectivity index (χ2n) is 4.08. The van der Waals surface area contributed by atoms with E-state index in [1.54, 1.807) is 24.4 Å². The number of esters is 1. The van der Waals surface area contributed by atoms with Crippen molar-refractivity contribution in [2.45, 2.75) is 0 Å². The van der Waals surface area contributed by atoms with Crippen molar-refractivity contribution in [3.8, 4) is 5.75 Å². The van der Waals surface area contributed by atoms with E-state index in [1.807, 2.05) is 42.5 Å². The second-order valence-corrected chi connectivity index (χ2v) is 4.08. The number of ether oxygens (including phenoxy) is 1. The van der Waals surface area contributed by atoms with Gasteiger partial charge in [-0.05, 0) is 24.3 Å². The number of carbonyl (C=O) groups excluding carboxylic acids is 1. The number of benzene rings is 2. The summed E-state index contributed by atoms with van der Waals surface area (Å²) in [6.07, 6.45) is 1.62. The highest BCUT2D eigenvalue weighted by atomic mass is 16.5. The number of rotatable bonds is 2. The fraction of sp³-hybridized carbons (Fsp3) is 0. The van der Waals surface area contributed by atoms with Crippen molar-refractivity contribution < 1.29 is 9.53 Å². The standard InChI is InChI=1S/C16H11NO2/c18-16(19-12-6-2-1-3-7-12)14-10-11-17-15-9-5-4-8-13(14)15/h1-11H. The van der Waals surface area contributed by atoms with Gasteiger partial charge in [-0.3, -0.25) is 4.98 Å². The summed E-state index contributed by atoms with van der Waals surface area (Å²) in [6, 6.07) is 18.2. The van der Waals surface area contributed by atoms with Gasteiger partial charge in [-0.15, -0.1) is 0 Å². The van der Waals surface area contributed by atoms with Gasteiger partial charge in [-0.25, -0.2) is 4.79 Å². The first-order valence-electron chi connectivity index (χ1n) is 5.95.